The molecule has 5 heterocycles. The molecule has 11 aromatic rings. The molecule has 0 fully saturated rings. The number of nitrogens with one attached hydrogen (secondary N) is 1. The highest BCUT2D eigenvalue weighted by molar-refractivity contribution is 7.99. The Balaban J connectivity index is 1.04. The third-order valence-electron chi connectivity index (χ3n) is 13.8. The Morgan fingerprint density at radius 2 is 1.09 bits per heavy atom. The molecule has 3 aliphatic rings. The Morgan fingerprint density at radius 3 is 1.91 bits per heavy atom. The summed E-state index contributed by atoms with van der Waals surface area (Å²) in [5.41, 5.74) is 17.3. The Morgan fingerprint density at radius 1 is 0.469 bits per heavy atom. The van der Waals surface area contributed by atoms with Gasteiger partial charge in [0.25, 0.3) is 0 Å². The van der Waals surface area contributed by atoms with Crippen LogP contribution in [0.15, 0.2) is 233 Å². The van der Waals surface area contributed by atoms with Crippen LogP contribution in [0.3, 0.4) is 0 Å². The summed E-state index contributed by atoms with van der Waals surface area (Å²) in [5.74, 6) is 0. The first-order valence-corrected chi connectivity index (χ1v) is 22.8. The van der Waals surface area contributed by atoms with Gasteiger partial charge in [-0.25, -0.2) is 0 Å². The second kappa shape index (κ2) is 13.6. The second-order valence-corrected chi connectivity index (χ2v) is 18.1. The van der Waals surface area contributed by atoms with E-state index < -0.39 is 5.41 Å². The third-order valence-corrected chi connectivity index (χ3v) is 15.0. The normalized spacial score (nSPS) is 17.2. The molecule has 64 heavy (non-hydrogen) atoms. The highest BCUT2D eigenvalue weighted by Gasteiger charge is 2.50. The minimum absolute atomic E-state index is 0.298. The van der Waals surface area contributed by atoms with Gasteiger partial charge < -0.3 is 14.5 Å². The van der Waals surface area contributed by atoms with Gasteiger partial charge in [-0.05, 0) is 81.4 Å². The van der Waals surface area contributed by atoms with Gasteiger partial charge >= 0.3 is 0 Å². The number of allylic oxidation sites excluding steroid dienone is 1. The number of rotatable bonds is 4. The van der Waals surface area contributed by atoms with E-state index in [2.05, 4.69) is 233 Å². The van der Waals surface area contributed by atoms with E-state index in [-0.39, 0.29) is 6.17 Å². The predicted molar refractivity (Wildman–Crippen MR) is 264 cm³/mol. The van der Waals surface area contributed by atoms with E-state index in [1.54, 1.807) is 0 Å². The molecule has 3 aliphatic heterocycles. The molecule has 4 nitrogen and oxygen atoms in total. The Bertz CT molecular complexity index is 3800. The first-order chi connectivity index (χ1) is 31.8. The second-order valence-electron chi connectivity index (χ2n) is 17.1. The molecule has 0 saturated carbocycles. The maximum atomic E-state index is 5.39. The molecule has 14 rings (SSSR count). The van der Waals surface area contributed by atoms with Crippen LogP contribution < -0.4 is 5.32 Å². The largest absolute Gasteiger partial charge is 0.360 e. The number of nitrogens with zero attached hydrogens (tertiary/aromatic N) is 3. The average molecular weight is 835 g/mol. The van der Waals surface area contributed by atoms with Gasteiger partial charge in [0.15, 0.2) is 0 Å². The number of hydrogen-bond donors (Lipinski definition) is 1. The summed E-state index contributed by atoms with van der Waals surface area (Å²) >= 11 is 1.91. The molecule has 2 aromatic heterocycles. The summed E-state index contributed by atoms with van der Waals surface area (Å²) in [6.45, 7) is 0. The van der Waals surface area contributed by atoms with E-state index in [4.69, 9.17) is 4.99 Å². The lowest BCUT2D eigenvalue weighted by Gasteiger charge is -2.45. The molecule has 300 valence electrons. The van der Waals surface area contributed by atoms with Gasteiger partial charge in [0.05, 0.1) is 38.9 Å². The van der Waals surface area contributed by atoms with Crippen molar-refractivity contribution in [2.24, 2.45) is 4.99 Å². The number of para-hydroxylation sites is 4. The lowest BCUT2D eigenvalue weighted by molar-refractivity contribution is 0.663. The maximum absolute atomic E-state index is 5.39. The van der Waals surface area contributed by atoms with Crippen LogP contribution in [0.25, 0.3) is 60.7 Å². The van der Waals surface area contributed by atoms with Crippen LogP contribution in [0, 0.1) is 0 Å². The van der Waals surface area contributed by atoms with Crippen molar-refractivity contribution in [3.8, 4) is 11.4 Å². The first-order valence-electron chi connectivity index (χ1n) is 22.0. The van der Waals surface area contributed by atoms with Crippen molar-refractivity contribution in [2.45, 2.75) is 21.4 Å². The minimum Gasteiger partial charge on any atom is -0.360 e. The van der Waals surface area contributed by atoms with Gasteiger partial charge in [-0.15, -0.1) is 0 Å². The molecule has 2 atom stereocenters. The number of aromatic nitrogens is 2. The smallest absolute Gasteiger partial charge is 0.145 e. The van der Waals surface area contributed by atoms with Crippen LogP contribution in [0.2, 0.25) is 0 Å². The molecular formula is C59H38N4S. The van der Waals surface area contributed by atoms with E-state index in [0.29, 0.717) is 0 Å². The first kappa shape index (κ1) is 35.7. The van der Waals surface area contributed by atoms with Crippen LogP contribution in [-0.4, -0.2) is 14.8 Å². The molecule has 0 radical (unpaired) electrons. The molecule has 0 saturated heterocycles. The van der Waals surface area contributed by atoms with Gasteiger partial charge in [-0.3, -0.25) is 4.99 Å². The Labute approximate surface area is 374 Å². The SMILES string of the molecule is C1=C(c2ccccc2)NC(c2cccc(-n3c4ccccc4c4ccc5c(c43)Sc3ccccc3C53c4ccccc4-n4c5ccccc5c5cccc3c54)c2)N=C1c1ccccc1. The van der Waals surface area contributed by atoms with Crippen LogP contribution in [0.4, 0.5) is 0 Å². The lowest BCUT2D eigenvalue weighted by atomic mass is 9.62. The fourth-order valence-electron chi connectivity index (χ4n) is 11.2. The van der Waals surface area contributed by atoms with Crippen molar-refractivity contribution in [1.82, 2.24) is 14.5 Å². The lowest BCUT2D eigenvalue weighted by Crippen LogP contribution is -2.37. The summed E-state index contributed by atoms with van der Waals surface area (Å²) in [6, 6.07) is 78.0. The predicted octanol–water partition coefficient (Wildman–Crippen LogP) is 14.2. The zero-order valence-corrected chi connectivity index (χ0v) is 35.4. The fraction of sp³-hybridized carbons (Fsp3) is 0.0339. The van der Waals surface area contributed by atoms with Gasteiger partial charge in [0.2, 0.25) is 0 Å². The fourth-order valence-corrected chi connectivity index (χ4v) is 12.5. The van der Waals surface area contributed by atoms with E-state index >= 15 is 0 Å². The monoisotopic (exact) mass is 834 g/mol. The average Bonchev–Trinajstić information content (AvgIpc) is 3.90. The van der Waals surface area contributed by atoms with E-state index in [9.17, 15) is 0 Å². The number of aliphatic imine (C=N–C) groups is 1. The van der Waals surface area contributed by atoms with Crippen LogP contribution in [0.1, 0.15) is 45.1 Å². The van der Waals surface area contributed by atoms with Crippen molar-refractivity contribution in [3.63, 3.8) is 0 Å². The molecule has 9 aromatic carbocycles. The molecule has 1 N–H and O–H groups in total. The molecule has 2 unspecified atom stereocenters. The zero-order valence-electron chi connectivity index (χ0n) is 34.6. The topological polar surface area (TPSA) is 34.2 Å². The Hall–Kier alpha value is -7.86. The quantitative estimate of drug-likeness (QED) is 0.192. The number of fused-ring (bicyclic) bond motifs is 15. The molecule has 1 spiro atoms. The van der Waals surface area contributed by atoms with Gasteiger partial charge in [0, 0.05) is 42.7 Å². The van der Waals surface area contributed by atoms with Crippen molar-refractivity contribution >= 4 is 66.8 Å². The number of benzene rings is 9. The summed E-state index contributed by atoms with van der Waals surface area (Å²) in [4.78, 5) is 7.94. The van der Waals surface area contributed by atoms with Gasteiger partial charge in [-0.2, -0.15) is 0 Å². The highest BCUT2D eigenvalue weighted by Crippen LogP contribution is 2.62. The van der Waals surface area contributed by atoms with Crippen molar-refractivity contribution < 1.29 is 0 Å². The van der Waals surface area contributed by atoms with Crippen molar-refractivity contribution in [3.05, 3.63) is 257 Å². The summed E-state index contributed by atoms with van der Waals surface area (Å²) in [6.07, 6.45) is 1.88. The Kier molecular flexibility index (Phi) is 7.57. The van der Waals surface area contributed by atoms with Crippen molar-refractivity contribution in [2.75, 3.05) is 0 Å². The minimum atomic E-state index is -0.580. The van der Waals surface area contributed by atoms with Crippen molar-refractivity contribution in [1.29, 1.82) is 0 Å². The molecule has 0 aliphatic carbocycles. The summed E-state index contributed by atoms with van der Waals surface area (Å²) in [7, 11) is 0. The van der Waals surface area contributed by atoms with E-state index in [1.807, 2.05) is 11.8 Å². The number of hydrogen-bond acceptors (Lipinski definition) is 3. The van der Waals surface area contributed by atoms with Gasteiger partial charge in [0.1, 0.15) is 6.17 Å². The van der Waals surface area contributed by atoms with Gasteiger partial charge in [-0.1, -0.05) is 188 Å². The van der Waals surface area contributed by atoms with Crippen LogP contribution in [-0.2, 0) is 5.41 Å². The standard InChI is InChI=1S/C59H38N4S/c1-3-17-37(18-4-1)49-36-50(38-19-5-2-6-20-38)61-58(60-49)39-21-15-22-40(35-39)62-51-29-11-7-24-42(51)44-33-34-48-57(56(44)62)64-54-32-14-10-27-46(54)59(48)45-26-9-13-31-53(45)63-52-30-12-8-23-41(52)43-25-16-28-47(59)55(43)63/h1-36,58,60H. The molecule has 0 bridgehead atoms. The van der Waals surface area contributed by atoms with E-state index in [1.165, 1.54) is 81.3 Å². The van der Waals surface area contributed by atoms with Crippen LogP contribution >= 0.6 is 11.8 Å². The third kappa shape index (κ3) is 4.87. The summed E-state index contributed by atoms with van der Waals surface area (Å²) < 4.78 is 5.04. The highest BCUT2D eigenvalue weighted by atomic mass is 32.2. The molecular weight excluding hydrogens is 797 g/mol. The maximum Gasteiger partial charge on any atom is 0.145 e. The zero-order chi connectivity index (χ0) is 41.9. The van der Waals surface area contributed by atoms with Crippen LogP contribution in [0.5, 0.6) is 0 Å². The van der Waals surface area contributed by atoms with E-state index in [0.717, 1.165) is 33.8 Å². The molecule has 5 heteroatoms. The summed E-state index contributed by atoms with van der Waals surface area (Å²) in [5, 5.41) is 8.87. The molecule has 0 amide bonds.